The molecule has 3 N–H and O–H groups in total. The number of aryl methyl sites for hydroxylation is 1. The van der Waals surface area contributed by atoms with Gasteiger partial charge in [0, 0.05) is 5.69 Å². The Labute approximate surface area is 88.7 Å². The van der Waals surface area contributed by atoms with Crippen molar-refractivity contribution in [2.45, 2.75) is 18.8 Å². The Balaban J connectivity index is 2.12. The molecule has 1 saturated carbocycles. The van der Waals surface area contributed by atoms with E-state index in [1.54, 1.807) is 0 Å². The third-order valence-electron chi connectivity index (χ3n) is 3.70. The smallest absolute Gasteiger partial charge is 0.235 e. The number of hydrogen-bond acceptors (Lipinski definition) is 2. The van der Waals surface area contributed by atoms with Crippen LogP contribution in [-0.2, 0) is 10.2 Å². The molecular formula is C12H14N2O. The molecular weight excluding hydrogens is 188 g/mol. The summed E-state index contributed by atoms with van der Waals surface area (Å²) >= 11 is 0. The largest absolute Gasteiger partial charge is 0.330 e. The lowest BCUT2D eigenvalue weighted by atomic mass is 9.94. The number of rotatable bonds is 1. The summed E-state index contributed by atoms with van der Waals surface area (Å²) in [6, 6.07) is 6.17. The minimum absolute atomic E-state index is 0.138. The van der Waals surface area contributed by atoms with E-state index in [1.165, 1.54) is 5.56 Å². The molecule has 0 saturated heterocycles. The van der Waals surface area contributed by atoms with Crippen molar-refractivity contribution >= 4 is 11.6 Å². The van der Waals surface area contributed by atoms with Gasteiger partial charge in [0.25, 0.3) is 0 Å². The first-order valence-corrected chi connectivity index (χ1v) is 5.31. The van der Waals surface area contributed by atoms with Crippen LogP contribution in [0, 0.1) is 12.8 Å². The molecule has 2 unspecified atom stereocenters. The molecule has 1 aliphatic carbocycles. The van der Waals surface area contributed by atoms with Crippen LogP contribution in [-0.4, -0.2) is 12.5 Å². The van der Waals surface area contributed by atoms with Crippen LogP contribution in [0.2, 0.25) is 0 Å². The highest BCUT2D eigenvalue weighted by atomic mass is 16.2. The summed E-state index contributed by atoms with van der Waals surface area (Å²) in [4.78, 5) is 11.9. The first kappa shape index (κ1) is 8.92. The monoisotopic (exact) mass is 202 g/mol. The number of carbonyl (C=O) groups excluding carboxylic acids is 1. The van der Waals surface area contributed by atoms with Gasteiger partial charge in [-0.15, -0.1) is 0 Å². The molecule has 1 aromatic carbocycles. The van der Waals surface area contributed by atoms with Crippen molar-refractivity contribution in [3.63, 3.8) is 0 Å². The van der Waals surface area contributed by atoms with Crippen molar-refractivity contribution in [2.75, 3.05) is 11.9 Å². The molecule has 2 atom stereocenters. The number of nitrogens with one attached hydrogen (secondary N) is 1. The molecule has 2 aliphatic rings. The predicted octanol–water partition coefficient (Wildman–Crippen LogP) is 1.16. The lowest BCUT2D eigenvalue weighted by Crippen LogP contribution is -2.23. The second-order valence-electron chi connectivity index (χ2n) is 4.61. The lowest BCUT2D eigenvalue weighted by molar-refractivity contribution is -0.118. The summed E-state index contributed by atoms with van der Waals surface area (Å²) in [5, 5.41) is 2.96. The van der Waals surface area contributed by atoms with Gasteiger partial charge in [-0.25, -0.2) is 0 Å². The minimum atomic E-state index is -0.280. The highest BCUT2D eigenvalue weighted by Gasteiger charge is 2.63. The SMILES string of the molecule is Cc1ccc2c(c1)NC(=O)C21CC1CN. The van der Waals surface area contributed by atoms with Crippen molar-refractivity contribution in [1.29, 1.82) is 0 Å². The van der Waals surface area contributed by atoms with Gasteiger partial charge < -0.3 is 11.1 Å². The fraction of sp³-hybridized carbons (Fsp3) is 0.417. The first-order valence-electron chi connectivity index (χ1n) is 5.31. The molecule has 1 aliphatic heterocycles. The maximum atomic E-state index is 11.9. The van der Waals surface area contributed by atoms with Crippen LogP contribution in [0.5, 0.6) is 0 Å². The second kappa shape index (κ2) is 2.61. The Morgan fingerprint density at radius 2 is 2.40 bits per heavy atom. The molecule has 15 heavy (non-hydrogen) atoms. The van der Waals surface area contributed by atoms with Crippen molar-refractivity contribution in [3.05, 3.63) is 29.3 Å². The van der Waals surface area contributed by atoms with Crippen LogP contribution >= 0.6 is 0 Å². The Morgan fingerprint density at radius 1 is 1.60 bits per heavy atom. The average Bonchev–Trinajstić information content (AvgIpc) is 2.86. The van der Waals surface area contributed by atoms with Gasteiger partial charge in [-0.05, 0) is 43.0 Å². The molecule has 1 aromatic rings. The van der Waals surface area contributed by atoms with Gasteiger partial charge in [0.1, 0.15) is 0 Å². The fourth-order valence-corrected chi connectivity index (χ4v) is 2.73. The van der Waals surface area contributed by atoms with Gasteiger partial charge in [0.15, 0.2) is 0 Å². The molecule has 1 amide bonds. The lowest BCUT2D eigenvalue weighted by Gasteiger charge is -2.06. The fourth-order valence-electron chi connectivity index (χ4n) is 2.73. The molecule has 1 spiro atoms. The minimum Gasteiger partial charge on any atom is -0.330 e. The highest BCUT2D eigenvalue weighted by Crippen LogP contribution is 2.59. The standard InChI is InChI=1S/C12H14N2O/c1-7-2-3-9-10(4-7)14-11(15)12(9)5-8(12)6-13/h2-4,8H,5-6,13H2,1H3,(H,14,15). The van der Waals surface area contributed by atoms with Gasteiger partial charge in [-0.3, -0.25) is 4.79 Å². The van der Waals surface area contributed by atoms with Crippen molar-refractivity contribution in [2.24, 2.45) is 11.7 Å². The molecule has 0 aromatic heterocycles. The van der Waals surface area contributed by atoms with E-state index in [-0.39, 0.29) is 11.3 Å². The maximum Gasteiger partial charge on any atom is 0.235 e. The van der Waals surface area contributed by atoms with Crippen molar-refractivity contribution in [1.82, 2.24) is 0 Å². The summed E-state index contributed by atoms with van der Waals surface area (Å²) in [6.45, 7) is 2.63. The predicted molar refractivity (Wildman–Crippen MR) is 58.6 cm³/mol. The van der Waals surface area contributed by atoms with Crippen molar-refractivity contribution in [3.8, 4) is 0 Å². The quantitative estimate of drug-likeness (QED) is 0.718. The number of benzene rings is 1. The molecule has 0 bridgehead atoms. The van der Waals surface area contributed by atoms with Crippen LogP contribution in [0.4, 0.5) is 5.69 Å². The van der Waals surface area contributed by atoms with Gasteiger partial charge in [0.2, 0.25) is 5.91 Å². The molecule has 78 valence electrons. The van der Waals surface area contributed by atoms with E-state index in [1.807, 2.05) is 13.0 Å². The van der Waals surface area contributed by atoms with Gasteiger partial charge in [0.05, 0.1) is 5.41 Å². The molecule has 1 heterocycles. The zero-order chi connectivity index (χ0) is 10.6. The summed E-state index contributed by atoms with van der Waals surface area (Å²) in [5.41, 5.74) is 8.68. The zero-order valence-electron chi connectivity index (χ0n) is 8.71. The molecule has 3 heteroatoms. The maximum absolute atomic E-state index is 11.9. The van der Waals surface area contributed by atoms with Crippen LogP contribution in [0.25, 0.3) is 0 Å². The van der Waals surface area contributed by atoms with E-state index in [0.717, 1.165) is 17.7 Å². The highest BCUT2D eigenvalue weighted by molar-refractivity contribution is 6.08. The summed E-state index contributed by atoms with van der Waals surface area (Å²) in [6.07, 6.45) is 0.908. The van der Waals surface area contributed by atoms with Gasteiger partial charge in [-0.2, -0.15) is 0 Å². The van der Waals surface area contributed by atoms with Crippen LogP contribution in [0.15, 0.2) is 18.2 Å². The van der Waals surface area contributed by atoms with E-state index in [0.29, 0.717) is 12.5 Å². The number of fused-ring (bicyclic) bond motifs is 2. The Morgan fingerprint density at radius 3 is 3.07 bits per heavy atom. The number of anilines is 1. The molecule has 3 rings (SSSR count). The normalized spacial score (nSPS) is 31.6. The summed E-state index contributed by atoms with van der Waals surface area (Å²) in [7, 11) is 0. The van der Waals surface area contributed by atoms with Gasteiger partial charge >= 0.3 is 0 Å². The number of nitrogens with two attached hydrogens (primary N) is 1. The third kappa shape index (κ3) is 0.960. The van der Waals surface area contributed by atoms with E-state index in [2.05, 4.69) is 17.4 Å². The average molecular weight is 202 g/mol. The molecule has 3 nitrogen and oxygen atoms in total. The van der Waals surface area contributed by atoms with Crippen LogP contribution in [0.3, 0.4) is 0 Å². The summed E-state index contributed by atoms with van der Waals surface area (Å²) in [5.74, 6) is 0.472. The Kier molecular flexibility index (Phi) is 1.55. The third-order valence-corrected chi connectivity index (χ3v) is 3.70. The molecule has 0 radical (unpaired) electrons. The second-order valence-corrected chi connectivity index (χ2v) is 4.61. The van der Waals surface area contributed by atoms with E-state index < -0.39 is 0 Å². The number of hydrogen-bond donors (Lipinski definition) is 2. The Hall–Kier alpha value is -1.35. The topological polar surface area (TPSA) is 55.1 Å². The van der Waals surface area contributed by atoms with E-state index in [9.17, 15) is 4.79 Å². The van der Waals surface area contributed by atoms with E-state index in [4.69, 9.17) is 5.73 Å². The summed E-state index contributed by atoms with van der Waals surface area (Å²) < 4.78 is 0. The van der Waals surface area contributed by atoms with Crippen LogP contribution in [0.1, 0.15) is 17.5 Å². The number of carbonyl (C=O) groups is 1. The Bertz CT molecular complexity index is 455. The number of amides is 1. The molecule has 1 fully saturated rings. The van der Waals surface area contributed by atoms with Crippen LogP contribution < -0.4 is 11.1 Å². The first-order chi connectivity index (χ1) is 7.18. The zero-order valence-corrected chi connectivity index (χ0v) is 8.71. The van der Waals surface area contributed by atoms with Crippen molar-refractivity contribution < 1.29 is 4.79 Å². The van der Waals surface area contributed by atoms with Gasteiger partial charge in [-0.1, -0.05) is 12.1 Å². The van der Waals surface area contributed by atoms with E-state index >= 15 is 0 Å².